The fourth-order valence-electron chi connectivity index (χ4n) is 1.76. The molecule has 1 aromatic carbocycles. The highest BCUT2D eigenvalue weighted by Crippen LogP contribution is 2.18. The Labute approximate surface area is 138 Å². The Hall–Kier alpha value is -1.60. The second kappa shape index (κ2) is 7.79. The lowest BCUT2D eigenvalue weighted by molar-refractivity contribution is -0.121. The molecular formula is C16H26N2O4S. The molecule has 0 heterocycles. The molecule has 0 aromatic heterocycles. The van der Waals surface area contributed by atoms with E-state index in [0.29, 0.717) is 18.9 Å². The van der Waals surface area contributed by atoms with E-state index >= 15 is 0 Å². The summed E-state index contributed by atoms with van der Waals surface area (Å²) in [5, 5.41) is 2.74. The molecule has 7 heteroatoms. The monoisotopic (exact) mass is 342 g/mol. The van der Waals surface area contributed by atoms with Gasteiger partial charge in [0.15, 0.2) is 0 Å². The minimum atomic E-state index is -3.70. The predicted molar refractivity (Wildman–Crippen MR) is 89.9 cm³/mol. The topological polar surface area (TPSA) is 75.7 Å². The van der Waals surface area contributed by atoms with Crippen molar-refractivity contribution in [2.45, 2.75) is 32.6 Å². The van der Waals surface area contributed by atoms with Gasteiger partial charge in [0.05, 0.1) is 18.0 Å². The van der Waals surface area contributed by atoms with E-state index in [1.807, 2.05) is 27.7 Å². The summed E-state index contributed by atoms with van der Waals surface area (Å²) in [6.07, 6.45) is 0. The summed E-state index contributed by atoms with van der Waals surface area (Å²) in [7, 11) is -2.31. The molecule has 23 heavy (non-hydrogen) atoms. The van der Waals surface area contributed by atoms with Crippen LogP contribution < -0.4 is 10.1 Å². The van der Waals surface area contributed by atoms with Crippen molar-refractivity contribution in [3.05, 3.63) is 24.3 Å². The maximum atomic E-state index is 12.4. The number of ether oxygens (including phenoxy) is 1. The van der Waals surface area contributed by atoms with Gasteiger partial charge in [0, 0.05) is 13.6 Å². The number of nitrogens with zero attached hydrogens (tertiary/aromatic N) is 1. The normalized spacial score (nSPS) is 12.3. The summed E-state index contributed by atoms with van der Waals surface area (Å²) in [4.78, 5) is 12.0. The Morgan fingerprint density at radius 3 is 2.26 bits per heavy atom. The van der Waals surface area contributed by atoms with E-state index in [0.717, 1.165) is 4.31 Å². The highest BCUT2D eigenvalue weighted by molar-refractivity contribution is 7.89. The number of nitrogens with one attached hydrogen (secondary N) is 1. The summed E-state index contributed by atoms with van der Waals surface area (Å²) in [5.41, 5.74) is -0.0534. The maximum absolute atomic E-state index is 12.4. The zero-order valence-electron chi connectivity index (χ0n) is 14.4. The van der Waals surface area contributed by atoms with E-state index in [1.165, 1.54) is 19.2 Å². The van der Waals surface area contributed by atoms with Crippen LogP contribution in [0.2, 0.25) is 0 Å². The first-order valence-electron chi connectivity index (χ1n) is 7.52. The van der Waals surface area contributed by atoms with Crippen molar-refractivity contribution in [3.8, 4) is 5.75 Å². The summed E-state index contributed by atoms with van der Waals surface area (Å²) < 4.78 is 31.2. The number of carbonyl (C=O) groups is 1. The lowest BCUT2D eigenvalue weighted by atomic mass is 9.97. The largest absolute Gasteiger partial charge is 0.494 e. The number of hydrogen-bond acceptors (Lipinski definition) is 4. The molecule has 1 N–H and O–H groups in total. The van der Waals surface area contributed by atoms with Gasteiger partial charge in [0.2, 0.25) is 15.9 Å². The summed E-state index contributed by atoms with van der Waals surface area (Å²) in [6.45, 7) is 8.62. The highest BCUT2D eigenvalue weighted by atomic mass is 32.2. The SMILES string of the molecule is CCOc1ccc(S(=O)(=O)N(C)CC(=O)NCC(C)(C)C)cc1. The zero-order valence-corrected chi connectivity index (χ0v) is 15.2. The maximum Gasteiger partial charge on any atom is 0.243 e. The van der Waals surface area contributed by atoms with Crippen molar-refractivity contribution >= 4 is 15.9 Å². The molecule has 0 aliphatic heterocycles. The van der Waals surface area contributed by atoms with Gasteiger partial charge in [-0.3, -0.25) is 4.79 Å². The molecule has 0 fully saturated rings. The first-order valence-corrected chi connectivity index (χ1v) is 8.96. The van der Waals surface area contributed by atoms with Gasteiger partial charge in [-0.2, -0.15) is 4.31 Å². The van der Waals surface area contributed by atoms with E-state index in [4.69, 9.17) is 4.74 Å². The number of carbonyl (C=O) groups excluding carboxylic acids is 1. The minimum absolute atomic E-state index is 0.0534. The Balaban J connectivity index is 2.73. The first kappa shape index (κ1) is 19.4. The third kappa shape index (κ3) is 6.19. The van der Waals surface area contributed by atoms with Crippen molar-refractivity contribution < 1.29 is 17.9 Å². The van der Waals surface area contributed by atoms with Gasteiger partial charge in [-0.15, -0.1) is 0 Å². The fraction of sp³-hybridized carbons (Fsp3) is 0.562. The van der Waals surface area contributed by atoms with Gasteiger partial charge in [-0.25, -0.2) is 8.42 Å². The average Bonchev–Trinajstić information content (AvgIpc) is 2.45. The average molecular weight is 342 g/mol. The Bertz CT molecular complexity index is 618. The van der Waals surface area contributed by atoms with Crippen LogP contribution in [0.5, 0.6) is 5.75 Å². The number of benzene rings is 1. The smallest absolute Gasteiger partial charge is 0.243 e. The van der Waals surface area contributed by atoms with Gasteiger partial charge in [0.25, 0.3) is 0 Å². The Morgan fingerprint density at radius 1 is 1.22 bits per heavy atom. The summed E-state index contributed by atoms with van der Waals surface area (Å²) in [5.74, 6) is 0.286. The first-order chi connectivity index (χ1) is 10.6. The molecule has 0 unspecified atom stereocenters. The summed E-state index contributed by atoms with van der Waals surface area (Å²) in [6, 6.07) is 6.15. The van der Waals surface area contributed by atoms with Crippen LogP contribution in [-0.2, 0) is 14.8 Å². The third-order valence-electron chi connectivity index (χ3n) is 3.03. The van der Waals surface area contributed by atoms with E-state index in [-0.39, 0.29) is 22.8 Å². The Morgan fingerprint density at radius 2 is 1.78 bits per heavy atom. The molecule has 130 valence electrons. The van der Waals surface area contributed by atoms with Crippen LogP contribution in [0, 0.1) is 5.41 Å². The molecule has 0 saturated heterocycles. The molecule has 0 bridgehead atoms. The molecule has 1 amide bonds. The number of sulfonamides is 1. The van der Waals surface area contributed by atoms with E-state index in [1.54, 1.807) is 12.1 Å². The van der Waals surface area contributed by atoms with E-state index < -0.39 is 10.0 Å². The molecular weight excluding hydrogens is 316 g/mol. The van der Waals surface area contributed by atoms with Crippen LogP contribution in [-0.4, -0.2) is 45.4 Å². The molecule has 0 radical (unpaired) electrons. The second-order valence-electron chi connectivity index (χ2n) is 6.50. The van der Waals surface area contributed by atoms with Gasteiger partial charge in [0.1, 0.15) is 5.75 Å². The number of amides is 1. The minimum Gasteiger partial charge on any atom is -0.494 e. The van der Waals surface area contributed by atoms with Gasteiger partial charge >= 0.3 is 0 Å². The Kier molecular flexibility index (Phi) is 6.58. The third-order valence-corrected chi connectivity index (χ3v) is 4.84. The van der Waals surface area contributed by atoms with Crippen LogP contribution in [0.4, 0.5) is 0 Å². The summed E-state index contributed by atoms with van der Waals surface area (Å²) >= 11 is 0. The lowest BCUT2D eigenvalue weighted by Gasteiger charge is -2.21. The number of likely N-dealkylation sites (N-methyl/N-ethyl adjacent to an activating group) is 1. The van der Waals surface area contributed by atoms with E-state index in [2.05, 4.69) is 5.32 Å². The lowest BCUT2D eigenvalue weighted by Crippen LogP contribution is -2.41. The molecule has 0 aliphatic rings. The molecule has 0 saturated carbocycles. The van der Waals surface area contributed by atoms with Gasteiger partial charge in [-0.05, 0) is 36.6 Å². The van der Waals surface area contributed by atoms with Crippen molar-refractivity contribution in [1.29, 1.82) is 0 Å². The van der Waals surface area contributed by atoms with Crippen LogP contribution in [0.15, 0.2) is 29.2 Å². The molecule has 1 aromatic rings. The highest BCUT2D eigenvalue weighted by Gasteiger charge is 2.23. The van der Waals surface area contributed by atoms with Crippen molar-refractivity contribution in [1.82, 2.24) is 9.62 Å². The van der Waals surface area contributed by atoms with Crippen LogP contribution in [0.25, 0.3) is 0 Å². The molecule has 0 aliphatic carbocycles. The van der Waals surface area contributed by atoms with Crippen LogP contribution in [0.1, 0.15) is 27.7 Å². The van der Waals surface area contributed by atoms with Crippen molar-refractivity contribution in [3.63, 3.8) is 0 Å². The fourth-order valence-corrected chi connectivity index (χ4v) is 2.89. The molecule has 6 nitrogen and oxygen atoms in total. The van der Waals surface area contributed by atoms with Crippen molar-refractivity contribution in [2.75, 3.05) is 26.7 Å². The van der Waals surface area contributed by atoms with Crippen molar-refractivity contribution in [2.24, 2.45) is 5.41 Å². The van der Waals surface area contributed by atoms with Crippen LogP contribution in [0.3, 0.4) is 0 Å². The molecule has 1 rings (SSSR count). The van der Waals surface area contributed by atoms with Crippen LogP contribution >= 0.6 is 0 Å². The standard InChI is InChI=1S/C16H26N2O4S/c1-6-22-13-7-9-14(10-8-13)23(20,21)18(5)11-15(19)17-12-16(2,3)4/h7-10H,6,11-12H2,1-5H3,(H,17,19). The van der Waals surface area contributed by atoms with E-state index in [9.17, 15) is 13.2 Å². The molecule has 0 atom stereocenters. The second-order valence-corrected chi connectivity index (χ2v) is 8.55. The molecule has 0 spiro atoms. The number of rotatable bonds is 7. The zero-order chi connectivity index (χ0) is 17.7. The van der Waals surface area contributed by atoms with Gasteiger partial charge < -0.3 is 10.1 Å². The quantitative estimate of drug-likeness (QED) is 0.821. The predicted octanol–water partition coefficient (Wildman–Crippen LogP) is 1.87. The van der Waals surface area contributed by atoms with Gasteiger partial charge in [-0.1, -0.05) is 20.8 Å². The number of hydrogen-bond donors (Lipinski definition) is 1.